The molecule has 0 aliphatic carbocycles. The van der Waals surface area contributed by atoms with E-state index >= 15 is 0 Å². The van der Waals surface area contributed by atoms with Gasteiger partial charge < -0.3 is 5.32 Å². The Morgan fingerprint density at radius 2 is 2.53 bits per heavy atom. The van der Waals surface area contributed by atoms with E-state index in [0.717, 1.165) is 31.6 Å². The Labute approximate surface area is 101 Å². The molecule has 1 atom stereocenters. The molecule has 0 spiro atoms. The number of carbonyl (C=O) groups is 1. The Morgan fingerprint density at radius 3 is 3.24 bits per heavy atom. The predicted molar refractivity (Wildman–Crippen MR) is 66.1 cm³/mol. The summed E-state index contributed by atoms with van der Waals surface area (Å²) < 4.78 is 1.68. The van der Waals surface area contributed by atoms with Gasteiger partial charge in [0.05, 0.1) is 12.2 Å². The minimum Gasteiger partial charge on any atom is -0.355 e. The topological polar surface area (TPSA) is 50.2 Å². The van der Waals surface area contributed by atoms with Crippen LogP contribution in [-0.2, 0) is 11.3 Å². The fraction of sp³-hybridized carbons (Fsp3) is 0.500. The first kappa shape index (κ1) is 11.9. The molecule has 1 saturated heterocycles. The first-order valence-corrected chi connectivity index (χ1v) is 5.88. The van der Waals surface area contributed by atoms with Gasteiger partial charge in [0.2, 0.25) is 5.91 Å². The Kier molecular flexibility index (Phi) is 3.58. The zero-order valence-corrected chi connectivity index (χ0v) is 10.1. The fourth-order valence-electron chi connectivity index (χ4n) is 2.01. The first-order valence-electron chi connectivity index (χ1n) is 5.88. The second kappa shape index (κ2) is 5.14. The van der Waals surface area contributed by atoms with Crippen LogP contribution in [0.4, 0.5) is 0 Å². The lowest BCUT2D eigenvalue weighted by Gasteiger charge is -2.24. The second-order valence-corrected chi connectivity index (χ2v) is 4.30. The van der Waals surface area contributed by atoms with Crippen LogP contribution in [0.15, 0.2) is 19.0 Å². The minimum atomic E-state index is -0.0791. The van der Waals surface area contributed by atoms with Crippen molar-refractivity contribution < 1.29 is 4.79 Å². The lowest BCUT2D eigenvalue weighted by atomic mass is 10.2. The average molecular weight is 234 g/mol. The predicted octanol–water partition coefficient (Wildman–Crippen LogP) is 0.694. The van der Waals surface area contributed by atoms with Crippen LogP contribution in [0, 0.1) is 0 Å². The molecule has 1 unspecified atom stereocenters. The van der Waals surface area contributed by atoms with Crippen molar-refractivity contribution in [3.63, 3.8) is 0 Å². The van der Waals surface area contributed by atoms with Crippen LogP contribution in [0.3, 0.4) is 0 Å². The van der Waals surface area contributed by atoms with Gasteiger partial charge in [-0.15, -0.1) is 0 Å². The van der Waals surface area contributed by atoms with Crippen molar-refractivity contribution in [1.29, 1.82) is 0 Å². The number of carbonyl (C=O) groups excluding carboxylic acids is 1. The Hall–Kier alpha value is -1.62. The molecule has 0 bridgehead atoms. The van der Waals surface area contributed by atoms with Crippen LogP contribution < -0.4 is 5.32 Å². The highest BCUT2D eigenvalue weighted by Gasteiger charge is 2.23. The molecule has 1 aliphatic rings. The fourth-order valence-corrected chi connectivity index (χ4v) is 2.01. The summed E-state index contributed by atoms with van der Waals surface area (Å²) in [6.07, 6.45) is 6.40. The van der Waals surface area contributed by atoms with Crippen molar-refractivity contribution in [2.45, 2.75) is 25.9 Å². The van der Waals surface area contributed by atoms with E-state index in [1.807, 2.05) is 19.3 Å². The van der Waals surface area contributed by atoms with E-state index in [-0.39, 0.29) is 11.9 Å². The molecular weight excluding hydrogens is 216 g/mol. The van der Waals surface area contributed by atoms with Crippen molar-refractivity contribution in [3.05, 3.63) is 24.5 Å². The van der Waals surface area contributed by atoms with Gasteiger partial charge in [-0.05, 0) is 13.3 Å². The number of hydrogen-bond donors (Lipinski definition) is 1. The maximum atomic E-state index is 11.7. The molecule has 92 valence electrons. The third kappa shape index (κ3) is 2.74. The summed E-state index contributed by atoms with van der Waals surface area (Å²) >= 11 is 0. The lowest BCUT2D eigenvalue weighted by molar-refractivity contribution is -0.125. The van der Waals surface area contributed by atoms with Gasteiger partial charge in [0.15, 0.2) is 0 Å². The molecular formula is C12H18N4O. The van der Waals surface area contributed by atoms with Gasteiger partial charge >= 0.3 is 0 Å². The molecule has 1 aromatic rings. The van der Waals surface area contributed by atoms with E-state index in [1.54, 1.807) is 10.9 Å². The van der Waals surface area contributed by atoms with Gasteiger partial charge in [-0.1, -0.05) is 6.58 Å². The van der Waals surface area contributed by atoms with E-state index in [0.29, 0.717) is 0 Å². The van der Waals surface area contributed by atoms with Crippen molar-refractivity contribution in [1.82, 2.24) is 20.0 Å². The summed E-state index contributed by atoms with van der Waals surface area (Å²) in [5, 5.41) is 7.05. The molecule has 0 saturated carbocycles. The van der Waals surface area contributed by atoms with Gasteiger partial charge in [0.25, 0.3) is 0 Å². The average Bonchev–Trinajstić information content (AvgIpc) is 2.73. The Morgan fingerprint density at radius 1 is 1.71 bits per heavy atom. The summed E-state index contributed by atoms with van der Waals surface area (Å²) in [5.74, 6) is 0.110. The van der Waals surface area contributed by atoms with Gasteiger partial charge in [0.1, 0.15) is 0 Å². The minimum absolute atomic E-state index is 0.0791. The maximum absolute atomic E-state index is 11.7. The Bertz CT molecular complexity index is 412. The third-order valence-electron chi connectivity index (χ3n) is 3.08. The largest absolute Gasteiger partial charge is 0.355 e. The second-order valence-electron chi connectivity index (χ2n) is 4.30. The molecule has 1 aliphatic heterocycles. The molecule has 17 heavy (non-hydrogen) atoms. The van der Waals surface area contributed by atoms with Crippen LogP contribution in [0.5, 0.6) is 0 Å². The molecule has 1 fully saturated rings. The number of nitrogens with zero attached hydrogens (tertiary/aromatic N) is 3. The smallest absolute Gasteiger partial charge is 0.237 e. The maximum Gasteiger partial charge on any atom is 0.237 e. The highest BCUT2D eigenvalue weighted by molar-refractivity contribution is 5.81. The molecule has 0 aromatic carbocycles. The van der Waals surface area contributed by atoms with Crippen molar-refractivity contribution in [3.8, 4) is 0 Å². The highest BCUT2D eigenvalue weighted by Crippen LogP contribution is 2.10. The number of nitrogens with one attached hydrogen (secondary N) is 1. The lowest BCUT2D eigenvalue weighted by Crippen LogP contribution is -2.41. The zero-order valence-electron chi connectivity index (χ0n) is 10.1. The molecule has 5 heteroatoms. The summed E-state index contributed by atoms with van der Waals surface area (Å²) in [6, 6.07) is -0.0791. The molecule has 0 radical (unpaired) electrons. The van der Waals surface area contributed by atoms with Crippen LogP contribution in [0.2, 0.25) is 0 Å². The van der Waals surface area contributed by atoms with E-state index in [9.17, 15) is 4.79 Å². The molecule has 1 N–H and O–H groups in total. The van der Waals surface area contributed by atoms with Crippen molar-refractivity contribution >= 4 is 12.1 Å². The molecule has 1 aromatic heterocycles. The van der Waals surface area contributed by atoms with Crippen molar-refractivity contribution in [2.24, 2.45) is 0 Å². The summed E-state index contributed by atoms with van der Waals surface area (Å²) in [6.45, 7) is 8.05. The van der Waals surface area contributed by atoms with E-state index in [4.69, 9.17) is 0 Å². The summed E-state index contributed by atoms with van der Waals surface area (Å²) in [4.78, 5) is 13.9. The van der Waals surface area contributed by atoms with E-state index < -0.39 is 0 Å². The summed E-state index contributed by atoms with van der Waals surface area (Å²) in [5.41, 5.74) is 1.10. The third-order valence-corrected chi connectivity index (χ3v) is 3.08. The number of aromatic nitrogens is 2. The molecule has 5 nitrogen and oxygen atoms in total. The van der Waals surface area contributed by atoms with Gasteiger partial charge in [-0.25, -0.2) is 4.68 Å². The van der Waals surface area contributed by atoms with Crippen LogP contribution in [0.25, 0.3) is 6.20 Å². The van der Waals surface area contributed by atoms with Gasteiger partial charge in [-0.3, -0.25) is 9.69 Å². The number of hydrogen-bond acceptors (Lipinski definition) is 3. The van der Waals surface area contributed by atoms with Crippen LogP contribution in [0.1, 0.15) is 18.9 Å². The molecule has 2 heterocycles. The SMILES string of the molecule is C=Cn1cc(CN2CCCNC(=O)C2C)cn1. The Balaban J connectivity index is 2.05. The normalized spacial score (nSPS) is 21.9. The van der Waals surface area contributed by atoms with E-state index in [1.165, 1.54) is 0 Å². The highest BCUT2D eigenvalue weighted by atomic mass is 16.2. The van der Waals surface area contributed by atoms with Crippen LogP contribution in [-0.4, -0.2) is 39.7 Å². The van der Waals surface area contributed by atoms with E-state index in [2.05, 4.69) is 21.9 Å². The quantitative estimate of drug-likeness (QED) is 0.837. The zero-order chi connectivity index (χ0) is 12.3. The van der Waals surface area contributed by atoms with Gasteiger partial charge in [-0.2, -0.15) is 5.10 Å². The van der Waals surface area contributed by atoms with Crippen molar-refractivity contribution in [2.75, 3.05) is 13.1 Å². The van der Waals surface area contributed by atoms with Gasteiger partial charge in [0, 0.05) is 37.6 Å². The standard InChI is InChI=1S/C12H18N4O/c1-3-16-9-11(7-14-16)8-15-6-4-5-13-12(17)10(15)2/h3,7,9-10H,1,4-6,8H2,2H3,(H,13,17). The monoisotopic (exact) mass is 234 g/mol. The summed E-state index contributed by atoms with van der Waals surface area (Å²) in [7, 11) is 0. The number of amides is 1. The first-order chi connectivity index (χ1) is 8.20. The number of rotatable bonds is 3. The van der Waals surface area contributed by atoms with Crippen LogP contribution >= 0.6 is 0 Å². The molecule has 2 rings (SSSR count). The molecule has 1 amide bonds.